The number of halogens is 3. The molecule has 6 nitrogen and oxygen atoms in total. The second-order valence-electron chi connectivity index (χ2n) is 5.17. The van der Waals surface area contributed by atoms with Crippen LogP contribution in [0.5, 0.6) is 0 Å². The maximum Gasteiger partial charge on any atom is 0.435 e. The van der Waals surface area contributed by atoms with Crippen molar-refractivity contribution in [3.63, 3.8) is 0 Å². The molecule has 0 saturated heterocycles. The second-order valence-corrected chi connectivity index (χ2v) is 5.17. The van der Waals surface area contributed by atoms with E-state index in [9.17, 15) is 13.2 Å². The molecule has 0 atom stereocenters. The Morgan fingerprint density at radius 2 is 1.76 bits per heavy atom. The van der Waals surface area contributed by atoms with E-state index in [1.165, 1.54) is 10.7 Å². The molecule has 0 spiro atoms. The Balaban J connectivity index is 1.80. The Bertz CT molecular complexity index is 1040. The van der Waals surface area contributed by atoms with Crippen LogP contribution < -0.4 is 0 Å². The average molecular weight is 342 g/mol. The van der Waals surface area contributed by atoms with E-state index in [0.29, 0.717) is 17.6 Å². The monoisotopic (exact) mass is 342 g/mol. The molecule has 0 fully saturated rings. The zero-order valence-electron chi connectivity index (χ0n) is 12.5. The Morgan fingerprint density at radius 3 is 2.52 bits per heavy atom. The first kappa shape index (κ1) is 15.2. The van der Waals surface area contributed by atoms with Gasteiger partial charge in [-0.15, -0.1) is 0 Å². The fraction of sp³-hybridized carbons (Fsp3) is 0.0625. The van der Waals surface area contributed by atoms with Crippen molar-refractivity contribution in [3.8, 4) is 22.5 Å². The van der Waals surface area contributed by atoms with Gasteiger partial charge in [0.25, 0.3) is 5.78 Å². The first-order valence-electron chi connectivity index (χ1n) is 7.17. The summed E-state index contributed by atoms with van der Waals surface area (Å²) in [7, 11) is 0. The van der Waals surface area contributed by atoms with Gasteiger partial charge in [0.2, 0.25) is 0 Å². The van der Waals surface area contributed by atoms with Crippen LogP contribution in [0.2, 0.25) is 0 Å². The Kier molecular flexibility index (Phi) is 3.41. The average Bonchev–Trinajstić information content (AvgIpc) is 3.05. The topological polar surface area (TPSA) is 68.9 Å². The third-order valence-corrected chi connectivity index (χ3v) is 3.54. The van der Waals surface area contributed by atoms with Crippen LogP contribution in [0.25, 0.3) is 28.3 Å². The lowest BCUT2D eigenvalue weighted by Gasteiger charge is -2.06. The lowest BCUT2D eigenvalue weighted by Crippen LogP contribution is -2.11. The van der Waals surface area contributed by atoms with Crippen molar-refractivity contribution < 1.29 is 13.2 Å². The summed E-state index contributed by atoms with van der Waals surface area (Å²) >= 11 is 0. The van der Waals surface area contributed by atoms with Crippen LogP contribution in [-0.2, 0) is 6.18 Å². The Labute approximate surface area is 139 Å². The summed E-state index contributed by atoms with van der Waals surface area (Å²) in [4.78, 5) is 15.7. The molecule has 4 rings (SSSR count). The molecule has 0 unspecified atom stereocenters. The maximum absolute atomic E-state index is 12.7. The van der Waals surface area contributed by atoms with Crippen LogP contribution in [0.15, 0.2) is 55.2 Å². The van der Waals surface area contributed by atoms with Gasteiger partial charge in [0.1, 0.15) is 0 Å². The van der Waals surface area contributed by atoms with Gasteiger partial charge in [-0.25, -0.2) is 9.97 Å². The van der Waals surface area contributed by atoms with Crippen LogP contribution >= 0.6 is 0 Å². The van der Waals surface area contributed by atoms with E-state index in [1.807, 2.05) is 24.3 Å². The third kappa shape index (κ3) is 2.80. The molecule has 0 bridgehead atoms. The van der Waals surface area contributed by atoms with Crippen molar-refractivity contribution in [2.75, 3.05) is 0 Å². The molecule has 0 aliphatic rings. The van der Waals surface area contributed by atoms with E-state index in [2.05, 4.69) is 25.0 Å². The molecule has 3 aromatic heterocycles. The van der Waals surface area contributed by atoms with Gasteiger partial charge in [-0.3, -0.25) is 9.97 Å². The highest BCUT2D eigenvalue weighted by Gasteiger charge is 2.33. The SMILES string of the molecule is FC(F)(F)c1cnn2c(-c3cccc(-c4cnccn4)c3)cnc2n1. The minimum atomic E-state index is -4.56. The first-order valence-corrected chi connectivity index (χ1v) is 7.17. The minimum Gasteiger partial charge on any atom is -0.261 e. The zero-order chi connectivity index (χ0) is 17.4. The molecular weight excluding hydrogens is 333 g/mol. The van der Waals surface area contributed by atoms with Crippen molar-refractivity contribution in [1.29, 1.82) is 0 Å². The third-order valence-electron chi connectivity index (χ3n) is 3.54. The number of benzene rings is 1. The summed E-state index contributed by atoms with van der Waals surface area (Å²) in [5, 5.41) is 3.83. The predicted octanol–water partition coefficient (Wildman–Crippen LogP) is 3.27. The maximum atomic E-state index is 12.7. The zero-order valence-corrected chi connectivity index (χ0v) is 12.5. The molecule has 0 aliphatic heterocycles. The van der Waals surface area contributed by atoms with Crippen LogP contribution in [-0.4, -0.2) is 29.5 Å². The van der Waals surface area contributed by atoms with E-state index >= 15 is 0 Å². The van der Waals surface area contributed by atoms with Crippen LogP contribution in [0.4, 0.5) is 13.2 Å². The number of hydrogen-bond acceptors (Lipinski definition) is 5. The van der Waals surface area contributed by atoms with Crippen molar-refractivity contribution >= 4 is 5.78 Å². The highest BCUT2D eigenvalue weighted by atomic mass is 19.4. The van der Waals surface area contributed by atoms with E-state index < -0.39 is 11.9 Å². The van der Waals surface area contributed by atoms with Crippen molar-refractivity contribution in [3.05, 3.63) is 60.9 Å². The molecule has 0 N–H and O–H groups in total. The molecule has 3 heterocycles. The fourth-order valence-electron chi connectivity index (χ4n) is 2.39. The summed E-state index contributed by atoms with van der Waals surface area (Å²) in [6, 6.07) is 7.33. The number of fused-ring (bicyclic) bond motifs is 1. The van der Waals surface area contributed by atoms with Crippen LogP contribution in [0.1, 0.15) is 5.69 Å². The molecule has 9 heteroatoms. The Hall–Kier alpha value is -3.36. The number of imidazole rings is 1. The second kappa shape index (κ2) is 5.62. The van der Waals surface area contributed by atoms with Gasteiger partial charge in [-0.1, -0.05) is 18.2 Å². The number of hydrogen-bond donors (Lipinski definition) is 0. The van der Waals surface area contributed by atoms with E-state index in [0.717, 1.165) is 11.1 Å². The van der Waals surface area contributed by atoms with E-state index in [4.69, 9.17) is 0 Å². The molecule has 124 valence electrons. The molecule has 25 heavy (non-hydrogen) atoms. The molecule has 0 saturated carbocycles. The fourth-order valence-corrected chi connectivity index (χ4v) is 2.39. The minimum absolute atomic E-state index is 0.116. The molecule has 0 radical (unpaired) electrons. The van der Waals surface area contributed by atoms with Crippen molar-refractivity contribution in [2.24, 2.45) is 0 Å². The van der Waals surface area contributed by atoms with Gasteiger partial charge in [0.15, 0.2) is 5.69 Å². The number of nitrogens with zero attached hydrogens (tertiary/aromatic N) is 6. The molecule has 1 aromatic carbocycles. The predicted molar refractivity (Wildman–Crippen MR) is 82.2 cm³/mol. The van der Waals surface area contributed by atoms with Gasteiger partial charge in [-0.2, -0.15) is 22.8 Å². The van der Waals surface area contributed by atoms with Gasteiger partial charge < -0.3 is 0 Å². The van der Waals surface area contributed by atoms with Gasteiger partial charge in [0, 0.05) is 23.5 Å². The quantitative estimate of drug-likeness (QED) is 0.559. The molecule has 0 amide bonds. The number of aromatic nitrogens is 6. The Morgan fingerprint density at radius 1 is 0.920 bits per heavy atom. The number of alkyl halides is 3. The first-order chi connectivity index (χ1) is 12.0. The summed E-state index contributed by atoms with van der Waals surface area (Å²) in [6.07, 6.45) is 2.35. The standard InChI is InChI=1S/C16H9F3N6/c17-16(18,19)14-9-23-25-13(8-22-15(25)24-14)11-3-1-2-10(6-11)12-7-20-4-5-21-12/h1-9H. The smallest absolute Gasteiger partial charge is 0.261 e. The van der Waals surface area contributed by atoms with Gasteiger partial charge >= 0.3 is 6.18 Å². The van der Waals surface area contributed by atoms with E-state index in [1.54, 1.807) is 18.6 Å². The highest BCUT2D eigenvalue weighted by Crippen LogP contribution is 2.28. The van der Waals surface area contributed by atoms with Crippen LogP contribution in [0, 0.1) is 0 Å². The molecular formula is C16H9F3N6. The van der Waals surface area contributed by atoms with Gasteiger partial charge in [0.05, 0.1) is 30.0 Å². The highest BCUT2D eigenvalue weighted by molar-refractivity contribution is 5.70. The summed E-state index contributed by atoms with van der Waals surface area (Å²) in [5.74, 6) is -0.116. The summed E-state index contributed by atoms with van der Waals surface area (Å²) in [6.45, 7) is 0. The number of rotatable bonds is 2. The van der Waals surface area contributed by atoms with Crippen molar-refractivity contribution in [2.45, 2.75) is 6.18 Å². The summed E-state index contributed by atoms with van der Waals surface area (Å²) < 4.78 is 39.5. The van der Waals surface area contributed by atoms with Crippen molar-refractivity contribution in [1.82, 2.24) is 29.5 Å². The van der Waals surface area contributed by atoms with Crippen LogP contribution in [0.3, 0.4) is 0 Å². The largest absolute Gasteiger partial charge is 0.435 e. The lowest BCUT2D eigenvalue weighted by atomic mass is 10.1. The van der Waals surface area contributed by atoms with E-state index in [-0.39, 0.29) is 5.78 Å². The normalized spacial score (nSPS) is 11.8. The lowest BCUT2D eigenvalue weighted by molar-refractivity contribution is -0.141. The summed E-state index contributed by atoms with van der Waals surface area (Å²) in [5.41, 5.74) is 1.68. The van der Waals surface area contributed by atoms with Gasteiger partial charge in [-0.05, 0) is 6.07 Å². The molecule has 4 aromatic rings. The molecule has 0 aliphatic carbocycles.